The molecule has 0 unspecified atom stereocenters. The monoisotopic (exact) mass is 461 g/mol. The van der Waals surface area contributed by atoms with Crippen molar-refractivity contribution in [3.8, 4) is 5.75 Å². The predicted octanol–water partition coefficient (Wildman–Crippen LogP) is 2.65. The fourth-order valence-electron chi connectivity index (χ4n) is 3.96. The van der Waals surface area contributed by atoms with Crippen molar-refractivity contribution in [1.29, 1.82) is 0 Å². The van der Waals surface area contributed by atoms with E-state index in [0.29, 0.717) is 37.6 Å². The number of sulfone groups is 1. The molecule has 9 nitrogen and oxygen atoms in total. The molecule has 10 heteroatoms. The molecule has 172 valence electrons. The largest absolute Gasteiger partial charge is 0.483 e. The molecule has 0 saturated carbocycles. The van der Waals surface area contributed by atoms with Gasteiger partial charge in [0.1, 0.15) is 11.4 Å². The van der Waals surface area contributed by atoms with Gasteiger partial charge < -0.3 is 14.5 Å². The van der Waals surface area contributed by atoms with Crippen LogP contribution in [0.15, 0.2) is 35.2 Å². The number of nitrogens with zero attached hydrogens (tertiary/aromatic N) is 3. The molecule has 0 aromatic heterocycles. The lowest BCUT2D eigenvalue weighted by Crippen LogP contribution is -2.50. The van der Waals surface area contributed by atoms with Crippen LogP contribution in [0.3, 0.4) is 0 Å². The molecule has 2 aromatic rings. The minimum absolute atomic E-state index is 0.0755. The van der Waals surface area contributed by atoms with Gasteiger partial charge in [0, 0.05) is 38.5 Å². The van der Waals surface area contributed by atoms with Gasteiger partial charge in [-0.05, 0) is 44.0 Å². The van der Waals surface area contributed by atoms with E-state index in [2.05, 4.69) is 0 Å². The van der Waals surface area contributed by atoms with Crippen LogP contribution in [0.5, 0.6) is 5.75 Å². The number of amides is 1. The SMILES string of the molecule is Cc1cc(C)c(OCC(=O)N2CCN(c3ccc(S(C)(=O)=O)cc3[N+](=O)[O-])CC2)c(C)c1. The van der Waals surface area contributed by atoms with Gasteiger partial charge in [-0.25, -0.2) is 8.42 Å². The van der Waals surface area contributed by atoms with Gasteiger partial charge in [0.25, 0.3) is 11.6 Å². The maximum Gasteiger partial charge on any atom is 0.293 e. The first-order valence-electron chi connectivity index (χ1n) is 10.2. The molecule has 1 aliphatic heterocycles. The van der Waals surface area contributed by atoms with Gasteiger partial charge in [0.2, 0.25) is 0 Å². The minimum atomic E-state index is -3.55. The molecule has 0 spiro atoms. The van der Waals surface area contributed by atoms with Crippen LogP contribution >= 0.6 is 0 Å². The molecule has 0 atom stereocenters. The third kappa shape index (κ3) is 5.18. The van der Waals surface area contributed by atoms with Gasteiger partial charge in [0.15, 0.2) is 16.4 Å². The quantitative estimate of drug-likeness (QED) is 0.480. The molecule has 1 saturated heterocycles. The fraction of sp³-hybridized carbons (Fsp3) is 0.409. The van der Waals surface area contributed by atoms with Crippen LogP contribution in [-0.4, -0.2) is 63.2 Å². The van der Waals surface area contributed by atoms with Gasteiger partial charge in [0.05, 0.1) is 9.82 Å². The lowest BCUT2D eigenvalue weighted by atomic mass is 10.1. The second-order valence-electron chi connectivity index (χ2n) is 8.06. The number of anilines is 1. The maximum atomic E-state index is 12.6. The van der Waals surface area contributed by atoms with Crippen LogP contribution in [0.4, 0.5) is 11.4 Å². The Morgan fingerprint density at radius 1 is 1.06 bits per heavy atom. The molecule has 1 aliphatic rings. The summed E-state index contributed by atoms with van der Waals surface area (Å²) in [5, 5.41) is 11.5. The van der Waals surface area contributed by atoms with Crippen LogP contribution in [0, 0.1) is 30.9 Å². The summed E-state index contributed by atoms with van der Waals surface area (Å²) in [4.78, 5) is 26.9. The van der Waals surface area contributed by atoms with Crippen molar-refractivity contribution in [2.24, 2.45) is 0 Å². The van der Waals surface area contributed by atoms with Crippen LogP contribution < -0.4 is 9.64 Å². The first-order chi connectivity index (χ1) is 15.0. The van der Waals surface area contributed by atoms with E-state index in [9.17, 15) is 23.3 Å². The molecule has 0 radical (unpaired) electrons. The fourth-order valence-corrected chi connectivity index (χ4v) is 4.60. The number of ether oxygens (including phenoxy) is 1. The van der Waals surface area contributed by atoms with E-state index in [4.69, 9.17) is 4.74 Å². The summed E-state index contributed by atoms with van der Waals surface area (Å²) in [6.07, 6.45) is 1.01. The van der Waals surface area contributed by atoms with Gasteiger partial charge in [-0.2, -0.15) is 0 Å². The number of carbonyl (C=O) groups excluding carboxylic acids is 1. The number of nitro benzene ring substituents is 1. The summed E-state index contributed by atoms with van der Waals surface area (Å²) in [6, 6.07) is 7.93. The number of nitro groups is 1. The van der Waals surface area contributed by atoms with Crippen molar-refractivity contribution in [2.45, 2.75) is 25.7 Å². The molecular formula is C22H27N3O6S. The van der Waals surface area contributed by atoms with Crippen molar-refractivity contribution in [2.75, 3.05) is 43.9 Å². The van der Waals surface area contributed by atoms with Crippen LogP contribution in [0.25, 0.3) is 0 Å². The number of aryl methyl sites for hydroxylation is 3. The van der Waals surface area contributed by atoms with Gasteiger partial charge in [-0.1, -0.05) is 17.7 Å². The number of benzene rings is 2. The summed E-state index contributed by atoms with van der Waals surface area (Å²) in [5.74, 6) is 0.565. The minimum Gasteiger partial charge on any atom is -0.483 e. The van der Waals surface area contributed by atoms with Crippen LogP contribution in [0.1, 0.15) is 16.7 Å². The highest BCUT2D eigenvalue weighted by molar-refractivity contribution is 7.90. The Morgan fingerprint density at radius 3 is 2.19 bits per heavy atom. The second-order valence-corrected chi connectivity index (χ2v) is 10.1. The number of piperazine rings is 1. The first-order valence-corrected chi connectivity index (χ1v) is 12.1. The Balaban J connectivity index is 1.65. The zero-order chi connectivity index (χ0) is 23.6. The molecule has 2 aromatic carbocycles. The van der Waals surface area contributed by atoms with Crippen molar-refractivity contribution in [3.05, 3.63) is 57.1 Å². The molecular weight excluding hydrogens is 434 g/mol. The lowest BCUT2D eigenvalue weighted by Gasteiger charge is -2.35. The zero-order valence-corrected chi connectivity index (χ0v) is 19.4. The Hall–Kier alpha value is -3.14. The molecule has 0 N–H and O–H groups in total. The third-order valence-electron chi connectivity index (χ3n) is 5.49. The summed E-state index contributed by atoms with van der Waals surface area (Å²) in [7, 11) is -3.55. The topological polar surface area (TPSA) is 110 Å². The molecule has 0 bridgehead atoms. The predicted molar refractivity (Wildman–Crippen MR) is 121 cm³/mol. The van der Waals surface area contributed by atoms with E-state index in [-0.39, 0.29) is 23.1 Å². The molecule has 0 aliphatic carbocycles. The van der Waals surface area contributed by atoms with Crippen molar-refractivity contribution >= 4 is 27.1 Å². The smallest absolute Gasteiger partial charge is 0.293 e. The van der Waals surface area contributed by atoms with E-state index in [0.717, 1.165) is 29.0 Å². The third-order valence-corrected chi connectivity index (χ3v) is 6.60. The highest BCUT2D eigenvalue weighted by Crippen LogP contribution is 2.31. The van der Waals surface area contributed by atoms with E-state index < -0.39 is 14.8 Å². The lowest BCUT2D eigenvalue weighted by molar-refractivity contribution is -0.384. The molecule has 1 amide bonds. The Labute approximate surface area is 187 Å². The highest BCUT2D eigenvalue weighted by Gasteiger charge is 2.27. The molecule has 1 heterocycles. The number of hydrogen-bond acceptors (Lipinski definition) is 7. The summed E-state index contributed by atoms with van der Waals surface area (Å²) >= 11 is 0. The molecule has 32 heavy (non-hydrogen) atoms. The van der Waals surface area contributed by atoms with Gasteiger partial charge in [-0.15, -0.1) is 0 Å². The average Bonchev–Trinajstić information content (AvgIpc) is 2.71. The second kappa shape index (κ2) is 9.15. The van der Waals surface area contributed by atoms with Crippen LogP contribution in [-0.2, 0) is 14.6 Å². The highest BCUT2D eigenvalue weighted by atomic mass is 32.2. The molecule has 3 rings (SSSR count). The standard InChI is InChI=1S/C22H27N3O6S/c1-15-11-16(2)22(17(3)12-15)31-14-21(26)24-9-7-23(8-10-24)19-6-5-18(32(4,29)30)13-20(19)25(27)28/h5-6,11-13H,7-10,14H2,1-4H3. The van der Waals surface area contributed by atoms with E-state index in [1.807, 2.05) is 32.9 Å². The summed E-state index contributed by atoms with van der Waals surface area (Å²) < 4.78 is 29.3. The average molecular weight is 462 g/mol. The van der Waals surface area contributed by atoms with Crippen molar-refractivity contribution in [3.63, 3.8) is 0 Å². The Bertz CT molecular complexity index is 1130. The van der Waals surface area contributed by atoms with E-state index >= 15 is 0 Å². The first kappa shape index (κ1) is 23.5. The zero-order valence-electron chi connectivity index (χ0n) is 18.6. The van der Waals surface area contributed by atoms with Gasteiger partial charge >= 0.3 is 0 Å². The summed E-state index contributed by atoms with van der Waals surface area (Å²) in [6.45, 7) is 7.39. The Morgan fingerprint density at radius 2 is 1.66 bits per heavy atom. The van der Waals surface area contributed by atoms with Crippen LogP contribution in [0.2, 0.25) is 0 Å². The van der Waals surface area contributed by atoms with Crippen molar-refractivity contribution in [1.82, 2.24) is 4.90 Å². The van der Waals surface area contributed by atoms with Crippen molar-refractivity contribution < 1.29 is 22.9 Å². The normalized spacial score (nSPS) is 14.4. The van der Waals surface area contributed by atoms with E-state index in [1.54, 1.807) is 9.80 Å². The number of hydrogen-bond donors (Lipinski definition) is 0. The number of rotatable bonds is 6. The number of carbonyl (C=O) groups is 1. The van der Waals surface area contributed by atoms with E-state index in [1.165, 1.54) is 12.1 Å². The molecule has 1 fully saturated rings. The summed E-state index contributed by atoms with van der Waals surface area (Å²) in [5.41, 5.74) is 3.17. The maximum absolute atomic E-state index is 12.6. The van der Waals surface area contributed by atoms with Gasteiger partial charge in [-0.3, -0.25) is 14.9 Å². The Kier molecular flexibility index (Phi) is 6.73.